The van der Waals surface area contributed by atoms with Crippen LogP contribution < -0.4 is 14.2 Å². The average Bonchev–Trinajstić information content (AvgIpc) is 2.84. The highest BCUT2D eigenvalue weighted by Gasteiger charge is 2.39. The quantitative estimate of drug-likeness (QED) is 0.400. The fourth-order valence-electron chi connectivity index (χ4n) is 4.20. The van der Waals surface area contributed by atoms with Gasteiger partial charge in [0.05, 0.1) is 30.2 Å². The molecule has 1 unspecified atom stereocenters. The monoisotopic (exact) mass is 492 g/mol. The Hall–Kier alpha value is -3.58. The van der Waals surface area contributed by atoms with Gasteiger partial charge in [-0.25, -0.2) is 8.42 Å². The maximum absolute atomic E-state index is 14.1. The third-order valence-electron chi connectivity index (χ3n) is 6.01. The molecular weight excluding hydrogens is 464 g/mol. The van der Waals surface area contributed by atoms with Gasteiger partial charge in [0.25, 0.3) is 0 Å². The van der Waals surface area contributed by atoms with E-state index in [-0.39, 0.29) is 16.2 Å². The molecule has 0 saturated carbocycles. The van der Waals surface area contributed by atoms with Crippen LogP contribution in [-0.2, 0) is 9.84 Å². The van der Waals surface area contributed by atoms with Gasteiger partial charge >= 0.3 is 0 Å². The van der Waals surface area contributed by atoms with Gasteiger partial charge in [-0.3, -0.25) is 4.79 Å². The number of Topliss-reactive ketones (excluding diaryl/α,β-unsaturated/α-hetero) is 1. The second-order valence-electron chi connectivity index (χ2n) is 8.93. The number of hydrogen-bond acceptors (Lipinski definition) is 6. The van der Waals surface area contributed by atoms with Gasteiger partial charge in [-0.2, -0.15) is 0 Å². The van der Waals surface area contributed by atoms with Crippen LogP contribution in [0.3, 0.4) is 0 Å². The van der Waals surface area contributed by atoms with Crippen molar-refractivity contribution in [1.29, 1.82) is 0 Å². The minimum absolute atomic E-state index is 0.0554. The van der Waals surface area contributed by atoms with E-state index in [0.717, 1.165) is 5.56 Å². The highest BCUT2D eigenvalue weighted by Crippen LogP contribution is 2.42. The van der Waals surface area contributed by atoms with Crippen molar-refractivity contribution in [2.45, 2.75) is 36.5 Å². The summed E-state index contributed by atoms with van der Waals surface area (Å²) >= 11 is 0. The number of rotatable bonds is 7. The summed E-state index contributed by atoms with van der Waals surface area (Å²) in [5.74, 6) is 0.731. The smallest absolute Gasteiger partial charge is 0.192 e. The average molecular weight is 493 g/mol. The number of carbonyl (C=O) groups is 1. The van der Waals surface area contributed by atoms with E-state index in [1.165, 1.54) is 26.4 Å². The molecule has 35 heavy (non-hydrogen) atoms. The Kier molecular flexibility index (Phi) is 6.47. The Morgan fingerprint density at radius 3 is 2.34 bits per heavy atom. The normalized spacial score (nSPS) is 15.0. The van der Waals surface area contributed by atoms with Crippen LogP contribution in [0, 0.1) is 6.92 Å². The van der Waals surface area contributed by atoms with Crippen LogP contribution >= 0.6 is 0 Å². The Bertz CT molecular complexity index is 1400. The van der Waals surface area contributed by atoms with Gasteiger partial charge in [0.1, 0.15) is 22.8 Å². The van der Waals surface area contributed by atoms with Crippen LogP contribution in [0.15, 0.2) is 71.6 Å². The molecule has 1 aliphatic heterocycles. The van der Waals surface area contributed by atoms with E-state index < -0.39 is 26.5 Å². The zero-order chi connectivity index (χ0) is 25.4. The number of benzene rings is 3. The molecule has 3 aromatic rings. The first-order valence-electron chi connectivity index (χ1n) is 11.2. The van der Waals surface area contributed by atoms with Crippen molar-refractivity contribution < 1.29 is 27.4 Å². The molecule has 3 aromatic carbocycles. The number of sulfone groups is 1. The fraction of sp³-hybridized carbons (Fsp3) is 0.250. The lowest BCUT2D eigenvalue weighted by Crippen LogP contribution is -2.28. The van der Waals surface area contributed by atoms with E-state index in [1.807, 2.05) is 32.9 Å². The lowest BCUT2D eigenvalue weighted by molar-refractivity contribution is 0.0983. The summed E-state index contributed by atoms with van der Waals surface area (Å²) in [4.78, 5) is 14.1. The Morgan fingerprint density at radius 2 is 1.69 bits per heavy atom. The van der Waals surface area contributed by atoms with Crippen molar-refractivity contribution in [3.05, 3.63) is 89.0 Å². The molecule has 0 radical (unpaired) electrons. The number of hydrogen-bond donors (Lipinski definition) is 0. The minimum atomic E-state index is -4.11. The summed E-state index contributed by atoms with van der Waals surface area (Å²) in [6.07, 6.45) is 3.71. The summed E-state index contributed by atoms with van der Waals surface area (Å²) in [6.45, 7) is 5.70. The van der Waals surface area contributed by atoms with Gasteiger partial charge in [0.15, 0.2) is 20.9 Å². The van der Waals surface area contributed by atoms with Gasteiger partial charge in [-0.15, -0.1) is 0 Å². The first kappa shape index (κ1) is 24.5. The molecule has 7 heteroatoms. The van der Waals surface area contributed by atoms with Crippen LogP contribution in [0.4, 0.5) is 0 Å². The molecule has 0 aromatic heterocycles. The van der Waals surface area contributed by atoms with Crippen molar-refractivity contribution >= 4 is 21.7 Å². The van der Waals surface area contributed by atoms with Gasteiger partial charge < -0.3 is 14.2 Å². The zero-order valence-electron chi connectivity index (χ0n) is 20.4. The predicted molar refractivity (Wildman–Crippen MR) is 135 cm³/mol. The molecule has 0 amide bonds. The molecule has 0 aliphatic carbocycles. The Morgan fingerprint density at radius 1 is 0.971 bits per heavy atom. The maximum atomic E-state index is 14.1. The second kappa shape index (κ2) is 9.23. The molecule has 0 N–H and O–H groups in total. The summed E-state index contributed by atoms with van der Waals surface area (Å²) in [7, 11) is -1.15. The van der Waals surface area contributed by atoms with E-state index in [4.69, 9.17) is 14.2 Å². The van der Waals surface area contributed by atoms with Gasteiger partial charge in [-0.1, -0.05) is 30.3 Å². The molecule has 4 rings (SSSR count). The van der Waals surface area contributed by atoms with Crippen molar-refractivity contribution in [1.82, 2.24) is 0 Å². The summed E-state index contributed by atoms with van der Waals surface area (Å²) in [5.41, 5.74) is 1.38. The summed E-state index contributed by atoms with van der Waals surface area (Å²) in [5, 5.41) is -1.50. The molecule has 182 valence electrons. The van der Waals surface area contributed by atoms with Crippen LogP contribution in [0.1, 0.15) is 46.1 Å². The molecule has 0 fully saturated rings. The van der Waals surface area contributed by atoms with E-state index in [0.29, 0.717) is 22.6 Å². The zero-order valence-corrected chi connectivity index (χ0v) is 21.2. The van der Waals surface area contributed by atoms with Crippen LogP contribution in [0.2, 0.25) is 0 Å². The standard InChI is InChI=1S/C28H28O6S/c1-18-11-12-19(17-24(18)32-4)27(35(30,31)20-9-7-6-8-10-20)25(29)22-13-14-23-21(26(22)33-5)15-16-28(2,3)34-23/h6-17,27H,1-5H3. The topological polar surface area (TPSA) is 78.9 Å². The van der Waals surface area contributed by atoms with Crippen molar-refractivity contribution in [2.24, 2.45) is 0 Å². The maximum Gasteiger partial charge on any atom is 0.192 e. The molecule has 1 aliphatic rings. The Balaban J connectivity index is 1.92. The van der Waals surface area contributed by atoms with Crippen LogP contribution in [0.25, 0.3) is 6.08 Å². The first-order valence-corrected chi connectivity index (χ1v) is 12.7. The van der Waals surface area contributed by atoms with Crippen LogP contribution in [0.5, 0.6) is 17.2 Å². The molecule has 6 nitrogen and oxygen atoms in total. The minimum Gasteiger partial charge on any atom is -0.496 e. The molecule has 1 heterocycles. The lowest BCUT2D eigenvalue weighted by atomic mass is 9.95. The first-order chi connectivity index (χ1) is 16.6. The van der Waals surface area contributed by atoms with Crippen molar-refractivity contribution in [3.8, 4) is 17.2 Å². The predicted octanol–water partition coefficient (Wildman–Crippen LogP) is 5.59. The third kappa shape index (κ3) is 4.56. The van der Waals surface area contributed by atoms with E-state index >= 15 is 0 Å². The number of ketones is 1. The number of aryl methyl sites for hydroxylation is 1. The summed E-state index contributed by atoms with van der Waals surface area (Å²) in [6, 6.07) is 16.2. The van der Waals surface area contributed by atoms with Crippen molar-refractivity contribution in [2.75, 3.05) is 14.2 Å². The highest BCUT2D eigenvalue weighted by atomic mass is 32.2. The van der Waals surface area contributed by atoms with Crippen LogP contribution in [-0.4, -0.2) is 34.0 Å². The third-order valence-corrected chi connectivity index (χ3v) is 8.04. The van der Waals surface area contributed by atoms with Gasteiger partial charge in [-0.05, 0) is 74.4 Å². The number of methoxy groups -OCH3 is 2. The fourth-order valence-corrected chi connectivity index (χ4v) is 5.92. The second-order valence-corrected chi connectivity index (χ2v) is 11.0. The van der Waals surface area contributed by atoms with E-state index in [9.17, 15) is 13.2 Å². The molecule has 0 bridgehead atoms. The number of carbonyl (C=O) groups excluding carboxylic acids is 1. The lowest BCUT2D eigenvalue weighted by Gasteiger charge is -2.29. The molecular formula is C28H28O6S. The van der Waals surface area contributed by atoms with E-state index in [1.54, 1.807) is 48.5 Å². The van der Waals surface area contributed by atoms with E-state index in [2.05, 4.69) is 0 Å². The molecule has 0 saturated heterocycles. The van der Waals surface area contributed by atoms with Gasteiger partial charge in [0.2, 0.25) is 0 Å². The SMILES string of the molecule is COc1cc(C(C(=O)c2ccc3c(c2OC)C=CC(C)(C)O3)S(=O)(=O)c2ccccc2)ccc1C. The van der Waals surface area contributed by atoms with Crippen molar-refractivity contribution in [3.63, 3.8) is 0 Å². The molecule has 0 spiro atoms. The Labute approximate surface area is 206 Å². The summed E-state index contributed by atoms with van der Waals surface area (Å²) < 4.78 is 44.8. The molecule has 1 atom stereocenters. The number of ether oxygens (including phenoxy) is 3. The highest BCUT2D eigenvalue weighted by molar-refractivity contribution is 7.92. The number of fused-ring (bicyclic) bond motifs is 1. The largest absolute Gasteiger partial charge is 0.496 e. The van der Waals surface area contributed by atoms with Gasteiger partial charge in [0, 0.05) is 0 Å².